The third-order valence-electron chi connectivity index (χ3n) is 4.30. The van der Waals surface area contributed by atoms with Gasteiger partial charge in [-0.15, -0.1) is 0 Å². The first-order valence-electron chi connectivity index (χ1n) is 7.71. The smallest absolute Gasteiger partial charge is 0.156 e. The lowest BCUT2D eigenvalue weighted by Gasteiger charge is -2.23. The van der Waals surface area contributed by atoms with E-state index in [1.54, 1.807) is 20.3 Å². The van der Waals surface area contributed by atoms with E-state index in [-0.39, 0.29) is 11.7 Å². The molecule has 3 rings (SSSR count). The number of rotatable bonds is 4. The van der Waals surface area contributed by atoms with Gasteiger partial charge in [0.15, 0.2) is 5.78 Å². The zero-order valence-electron chi connectivity index (χ0n) is 13.4. The van der Waals surface area contributed by atoms with Crippen LogP contribution in [0.1, 0.15) is 29.9 Å². The van der Waals surface area contributed by atoms with E-state index < -0.39 is 0 Å². The molecule has 0 unspecified atom stereocenters. The Morgan fingerprint density at radius 1 is 0.826 bits per heavy atom. The van der Waals surface area contributed by atoms with Gasteiger partial charge in [-0.3, -0.25) is 4.79 Å². The van der Waals surface area contributed by atoms with Crippen LogP contribution < -0.4 is 9.47 Å². The highest BCUT2D eigenvalue weighted by molar-refractivity contribution is 5.99. The first-order chi connectivity index (χ1) is 11.2. The van der Waals surface area contributed by atoms with Crippen molar-refractivity contribution in [1.29, 1.82) is 0 Å². The second-order valence-electron chi connectivity index (χ2n) is 5.74. The van der Waals surface area contributed by atoms with Gasteiger partial charge in [0.25, 0.3) is 0 Å². The molecule has 1 aliphatic rings. The maximum absolute atomic E-state index is 12.2. The summed E-state index contributed by atoms with van der Waals surface area (Å²) >= 11 is 0. The van der Waals surface area contributed by atoms with E-state index in [2.05, 4.69) is 0 Å². The van der Waals surface area contributed by atoms with E-state index in [0.29, 0.717) is 6.42 Å². The van der Waals surface area contributed by atoms with Crippen LogP contribution >= 0.6 is 0 Å². The minimum absolute atomic E-state index is 0.183. The van der Waals surface area contributed by atoms with Gasteiger partial charge < -0.3 is 9.47 Å². The molecular formula is C20H20O3. The zero-order chi connectivity index (χ0) is 16.2. The molecule has 0 heterocycles. The van der Waals surface area contributed by atoms with Crippen LogP contribution in [-0.2, 0) is 4.79 Å². The fourth-order valence-corrected chi connectivity index (χ4v) is 3.01. The van der Waals surface area contributed by atoms with Crippen molar-refractivity contribution in [2.75, 3.05) is 14.2 Å². The third kappa shape index (κ3) is 3.45. The number of hydrogen-bond donors (Lipinski definition) is 0. The van der Waals surface area contributed by atoms with Crippen LogP contribution in [0.15, 0.2) is 54.6 Å². The minimum atomic E-state index is 0.183. The number of allylic oxidation sites excluding steroid dienone is 2. The lowest BCUT2D eigenvalue weighted by molar-refractivity contribution is -0.115. The molecule has 1 aliphatic carbocycles. The van der Waals surface area contributed by atoms with E-state index in [1.165, 1.54) is 5.56 Å². The molecule has 3 heteroatoms. The van der Waals surface area contributed by atoms with Gasteiger partial charge in [-0.25, -0.2) is 0 Å². The Bertz CT molecular complexity index is 712. The van der Waals surface area contributed by atoms with Crippen molar-refractivity contribution in [2.45, 2.75) is 18.8 Å². The van der Waals surface area contributed by atoms with Crippen molar-refractivity contribution >= 4 is 11.4 Å². The summed E-state index contributed by atoms with van der Waals surface area (Å²) in [7, 11) is 3.31. The lowest BCUT2D eigenvalue weighted by Crippen LogP contribution is -2.12. The molecule has 3 nitrogen and oxygen atoms in total. The predicted octanol–water partition coefficient (Wildman–Crippen LogP) is 4.23. The van der Waals surface area contributed by atoms with Crippen LogP contribution in [0, 0.1) is 0 Å². The fraction of sp³-hybridized carbons (Fsp3) is 0.250. The Morgan fingerprint density at radius 3 is 1.96 bits per heavy atom. The van der Waals surface area contributed by atoms with Gasteiger partial charge in [0, 0.05) is 6.42 Å². The van der Waals surface area contributed by atoms with Gasteiger partial charge in [0.05, 0.1) is 14.2 Å². The van der Waals surface area contributed by atoms with Gasteiger partial charge in [-0.1, -0.05) is 24.3 Å². The van der Waals surface area contributed by atoms with Crippen LogP contribution in [0.25, 0.3) is 5.57 Å². The van der Waals surface area contributed by atoms with Crippen molar-refractivity contribution in [3.8, 4) is 11.5 Å². The second-order valence-corrected chi connectivity index (χ2v) is 5.74. The first-order valence-corrected chi connectivity index (χ1v) is 7.71. The Balaban J connectivity index is 1.83. The first kappa shape index (κ1) is 15.3. The van der Waals surface area contributed by atoms with E-state index in [4.69, 9.17) is 9.47 Å². The monoisotopic (exact) mass is 308 g/mol. The second kappa shape index (κ2) is 6.69. The summed E-state index contributed by atoms with van der Waals surface area (Å²) < 4.78 is 10.4. The molecule has 1 atom stereocenters. The topological polar surface area (TPSA) is 35.5 Å². The summed E-state index contributed by atoms with van der Waals surface area (Å²) in [5, 5.41) is 0. The number of hydrogen-bond acceptors (Lipinski definition) is 3. The van der Waals surface area contributed by atoms with Crippen molar-refractivity contribution < 1.29 is 14.3 Å². The average Bonchev–Trinajstić information content (AvgIpc) is 2.61. The molecule has 0 radical (unpaired) electrons. The molecule has 2 aromatic carbocycles. The third-order valence-corrected chi connectivity index (χ3v) is 4.30. The van der Waals surface area contributed by atoms with E-state index in [0.717, 1.165) is 29.1 Å². The van der Waals surface area contributed by atoms with E-state index in [1.807, 2.05) is 48.5 Å². The average molecular weight is 308 g/mol. The summed E-state index contributed by atoms with van der Waals surface area (Å²) in [4.78, 5) is 12.2. The van der Waals surface area contributed by atoms with Crippen LogP contribution in [0.2, 0.25) is 0 Å². The summed E-state index contributed by atoms with van der Waals surface area (Å²) in [6.45, 7) is 0. The molecule has 0 aliphatic heterocycles. The Morgan fingerprint density at radius 2 is 1.39 bits per heavy atom. The Hall–Kier alpha value is -2.55. The molecule has 0 bridgehead atoms. The molecule has 0 aromatic heterocycles. The molecule has 0 amide bonds. The summed E-state index contributed by atoms with van der Waals surface area (Å²) in [5.74, 6) is 2.06. The molecular weight excluding hydrogens is 288 g/mol. The highest BCUT2D eigenvalue weighted by Gasteiger charge is 2.23. The molecule has 2 aromatic rings. The summed E-state index contributed by atoms with van der Waals surface area (Å²) in [6, 6.07) is 15.9. The number of carbonyl (C=O) groups is 1. The summed E-state index contributed by atoms with van der Waals surface area (Å²) in [5.41, 5.74) is 3.35. The lowest BCUT2D eigenvalue weighted by atomic mass is 9.81. The largest absolute Gasteiger partial charge is 0.497 e. The van der Waals surface area contributed by atoms with Crippen LogP contribution in [-0.4, -0.2) is 20.0 Å². The van der Waals surface area contributed by atoms with Gasteiger partial charge in [-0.2, -0.15) is 0 Å². The van der Waals surface area contributed by atoms with Crippen LogP contribution in [0.4, 0.5) is 0 Å². The van der Waals surface area contributed by atoms with Crippen LogP contribution in [0.3, 0.4) is 0 Å². The van der Waals surface area contributed by atoms with Gasteiger partial charge in [0.2, 0.25) is 0 Å². The Labute approximate surface area is 136 Å². The highest BCUT2D eigenvalue weighted by Crippen LogP contribution is 2.36. The van der Waals surface area contributed by atoms with E-state index in [9.17, 15) is 4.79 Å². The van der Waals surface area contributed by atoms with Crippen molar-refractivity contribution in [1.82, 2.24) is 0 Å². The molecule has 0 saturated carbocycles. The summed E-state index contributed by atoms with van der Waals surface area (Å²) in [6.07, 6.45) is 3.21. The number of benzene rings is 2. The fourth-order valence-electron chi connectivity index (χ4n) is 3.01. The van der Waals surface area contributed by atoms with Gasteiger partial charge in [-0.05, 0) is 59.4 Å². The number of ketones is 1. The van der Waals surface area contributed by atoms with Crippen LogP contribution in [0.5, 0.6) is 11.5 Å². The maximum atomic E-state index is 12.2. The zero-order valence-corrected chi connectivity index (χ0v) is 13.4. The normalized spacial score (nSPS) is 17.6. The molecule has 23 heavy (non-hydrogen) atoms. The SMILES string of the molecule is COc1ccc(C2=CC(=O)C[C@H](c3ccc(OC)cc3)C2)cc1. The molecule has 0 spiro atoms. The quantitative estimate of drug-likeness (QED) is 0.847. The van der Waals surface area contributed by atoms with Gasteiger partial charge in [0.1, 0.15) is 11.5 Å². The standard InChI is InChI=1S/C20H20O3/c1-22-19-7-3-14(4-8-19)16-11-17(13-18(21)12-16)15-5-9-20(23-2)10-6-15/h3-10,12,17H,11,13H2,1-2H3/t17-/m1/s1. The molecule has 0 N–H and O–H groups in total. The maximum Gasteiger partial charge on any atom is 0.156 e. The predicted molar refractivity (Wildman–Crippen MR) is 90.9 cm³/mol. The Kier molecular flexibility index (Phi) is 4.47. The van der Waals surface area contributed by atoms with Crippen molar-refractivity contribution in [3.63, 3.8) is 0 Å². The van der Waals surface area contributed by atoms with Crippen molar-refractivity contribution in [3.05, 3.63) is 65.7 Å². The minimum Gasteiger partial charge on any atom is -0.497 e. The molecule has 0 saturated heterocycles. The number of methoxy groups -OCH3 is 2. The molecule has 118 valence electrons. The highest BCUT2D eigenvalue weighted by atomic mass is 16.5. The number of ether oxygens (including phenoxy) is 2. The van der Waals surface area contributed by atoms with Gasteiger partial charge >= 0.3 is 0 Å². The van der Waals surface area contributed by atoms with E-state index >= 15 is 0 Å². The molecule has 0 fully saturated rings. The van der Waals surface area contributed by atoms with Crippen molar-refractivity contribution in [2.24, 2.45) is 0 Å². The number of carbonyl (C=O) groups excluding carboxylic acids is 1.